The summed E-state index contributed by atoms with van der Waals surface area (Å²) in [5.41, 5.74) is 5.83. The minimum absolute atomic E-state index is 0.0976. The molecular formula is C43H41N3O6. The highest BCUT2D eigenvalue weighted by molar-refractivity contribution is 6.05. The summed E-state index contributed by atoms with van der Waals surface area (Å²) in [5, 5.41) is 12.4. The molecule has 3 atom stereocenters. The SMILES string of the molecule is O=C1CCC(N2Cc3cc(C#CCCC4CN(CCOc5ccc(C6c7ccc(O)cc7OCC6c6ccccc6)cc5)C4)ccc3C2=O)C(=O)N1. The van der Waals surface area contributed by atoms with Gasteiger partial charge in [-0.1, -0.05) is 60.4 Å². The Kier molecular flexibility index (Phi) is 9.40. The van der Waals surface area contributed by atoms with Crippen molar-refractivity contribution in [2.24, 2.45) is 5.92 Å². The molecule has 9 nitrogen and oxygen atoms in total. The Balaban J connectivity index is 0.785. The lowest BCUT2D eigenvalue weighted by molar-refractivity contribution is -0.136. The minimum Gasteiger partial charge on any atom is -0.508 e. The van der Waals surface area contributed by atoms with Gasteiger partial charge in [-0.25, -0.2) is 0 Å². The molecule has 4 aliphatic heterocycles. The number of phenols is 1. The first-order valence-corrected chi connectivity index (χ1v) is 18.1. The van der Waals surface area contributed by atoms with Crippen molar-refractivity contribution in [2.75, 3.05) is 32.8 Å². The second-order valence-corrected chi connectivity index (χ2v) is 14.2. The Hall–Kier alpha value is -5.59. The van der Waals surface area contributed by atoms with E-state index in [9.17, 15) is 19.5 Å². The van der Waals surface area contributed by atoms with Crippen LogP contribution in [0.15, 0.2) is 91.0 Å². The minimum atomic E-state index is -0.610. The van der Waals surface area contributed by atoms with E-state index in [-0.39, 0.29) is 35.8 Å². The number of piperidine rings is 1. The van der Waals surface area contributed by atoms with E-state index < -0.39 is 11.9 Å². The van der Waals surface area contributed by atoms with Gasteiger partial charge in [0.2, 0.25) is 11.8 Å². The second kappa shape index (κ2) is 14.6. The zero-order chi connectivity index (χ0) is 35.6. The van der Waals surface area contributed by atoms with Crippen LogP contribution in [-0.4, -0.2) is 71.5 Å². The topological polar surface area (TPSA) is 108 Å². The highest BCUT2D eigenvalue weighted by Crippen LogP contribution is 2.47. The van der Waals surface area contributed by atoms with Crippen molar-refractivity contribution >= 4 is 17.7 Å². The van der Waals surface area contributed by atoms with E-state index in [1.54, 1.807) is 23.1 Å². The first kappa shape index (κ1) is 33.5. The number of amides is 3. The molecule has 0 spiro atoms. The maximum Gasteiger partial charge on any atom is 0.255 e. The van der Waals surface area contributed by atoms with Crippen LogP contribution in [0.25, 0.3) is 0 Å². The number of likely N-dealkylation sites (tertiary alicyclic amines) is 1. The Morgan fingerprint density at radius 1 is 0.923 bits per heavy atom. The van der Waals surface area contributed by atoms with E-state index in [1.165, 1.54) is 11.1 Å². The van der Waals surface area contributed by atoms with Gasteiger partial charge in [-0.3, -0.25) is 24.6 Å². The molecule has 0 aromatic heterocycles. The Morgan fingerprint density at radius 2 is 1.75 bits per heavy atom. The summed E-state index contributed by atoms with van der Waals surface area (Å²) >= 11 is 0. The van der Waals surface area contributed by atoms with Crippen molar-refractivity contribution in [3.63, 3.8) is 0 Å². The van der Waals surface area contributed by atoms with Gasteiger partial charge in [0.05, 0.1) is 6.61 Å². The van der Waals surface area contributed by atoms with Gasteiger partial charge in [-0.15, -0.1) is 0 Å². The summed E-state index contributed by atoms with van der Waals surface area (Å²) in [6.45, 7) is 4.48. The molecular weight excluding hydrogens is 654 g/mol. The van der Waals surface area contributed by atoms with Crippen LogP contribution in [0.1, 0.15) is 75.7 Å². The van der Waals surface area contributed by atoms with E-state index in [0.717, 1.165) is 60.7 Å². The van der Waals surface area contributed by atoms with Crippen LogP contribution in [0.3, 0.4) is 0 Å². The van der Waals surface area contributed by atoms with Crippen molar-refractivity contribution in [1.29, 1.82) is 0 Å². The first-order chi connectivity index (χ1) is 25.4. The summed E-state index contributed by atoms with van der Waals surface area (Å²) in [7, 11) is 0. The largest absolute Gasteiger partial charge is 0.508 e. The van der Waals surface area contributed by atoms with E-state index in [2.05, 4.69) is 70.6 Å². The molecule has 52 heavy (non-hydrogen) atoms. The second-order valence-electron chi connectivity index (χ2n) is 14.2. The Labute approximate surface area is 303 Å². The lowest BCUT2D eigenvalue weighted by Gasteiger charge is -2.39. The number of hydrogen-bond donors (Lipinski definition) is 2. The van der Waals surface area contributed by atoms with Gasteiger partial charge in [-0.05, 0) is 71.8 Å². The number of nitrogens with zero attached hydrogens (tertiary/aromatic N) is 2. The molecule has 4 heterocycles. The molecule has 4 aliphatic rings. The van der Waals surface area contributed by atoms with Gasteiger partial charge in [0, 0.05) is 73.6 Å². The van der Waals surface area contributed by atoms with Gasteiger partial charge < -0.3 is 19.5 Å². The number of carbonyl (C=O) groups excluding carboxylic acids is 3. The Morgan fingerprint density at radius 3 is 2.56 bits per heavy atom. The molecule has 2 fully saturated rings. The van der Waals surface area contributed by atoms with Gasteiger partial charge in [0.25, 0.3) is 5.91 Å². The van der Waals surface area contributed by atoms with Gasteiger partial charge in [0.1, 0.15) is 29.9 Å². The van der Waals surface area contributed by atoms with Crippen molar-refractivity contribution in [3.05, 3.63) is 124 Å². The standard InChI is InChI=1S/C43H41N3O6/c47-33-13-17-36-39(23-33)52-27-37(30-8-2-1-3-9-30)41(36)31-11-14-34(15-12-31)51-21-20-45-24-29(25-45)7-5-4-6-28-10-16-35-32(22-28)26-46(43(35)50)38-18-19-40(48)44-42(38)49/h1-3,8-17,22-23,29,37-38,41,47H,5,7,18-21,24-27H2,(H,44,48,49). The number of fused-ring (bicyclic) bond motifs is 2. The smallest absolute Gasteiger partial charge is 0.255 e. The molecule has 9 heteroatoms. The fourth-order valence-electron chi connectivity index (χ4n) is 8.00. The monoisotopic (exact) mass is 695 g/mol. The lowest BCUT2D eigenvalue weighted by Crippen LogP contribution is -2.52. The molecule has 3 unspecified atom stereocenters. The van der Waals surface area contributed by atoms with Crippen molar-refractivity contribution in [3.8, 4) is 29.1 Å². The fourth-order valence-corrected chi connectivity index (χ4v) is 8.00. The predicted molar refractivity (Wildman–Crippen MR) is 195 cm³/mol. The molecule has 8 rings (SSSR count). The van der Waals surface area contributed by atoms with Crippen LogP contribution >= 0.6 is 0 Å². The zero-order valence-corrected chi connectivity index (χ0v) is 28.9. The van der Waals surface area contributed by atoms with Crippen molar-refractivity contribution < 1.29 is 29.0 Å². The maximum absolute atomic E-state index is 12.9. The number of ether oxygens (including phenoxy) is 2. The highest BCUT2D eigenvalue weighted by Gasteiger charge is 2.39. The van der Waals surface area contributed by atoms with E-state index in [4.69, 9.17) is 9.47 Å². The van der Waals surface area contributed by atoms with Gasteiger partial charge in [-0.2, -0.15) is 0 Å². The molecule has 4 aromatic rings. The average molecular weight is 696 g/mol. The summed E-state index contributed by atoms with van der Waals surface area (Å²) in [4.78, 5) is 40.8. The molecule has 0 bridgehead atoms. The summed E-state index contributed by atoms with van der Waals surface area (Å²) < 4.78 is 12.3. The molecule has 3 amide bonds. The van der Waals surface area contributed by atoms with Crippen LogP contribution in [0.5, 0.6) is 17.2 Å². The van der Waals surface area contributed by atoms with Crippen LogP contribution in [-0.2, 0) is 16.1 Å². The zero-order valence-electron chi connectivity index (χ0n) is 28.9. The lowest BCUT2D eigenvalue weighted by atomic mass is 9.76. The third-order valence-corrected chi connectivity index (χ3v) is 10.8. The number of carbonyl (C=O) groups is 3. The number of nitrogens with one attached hydrogen (secondary N) is 1. The third-order valence-electron chi connectivity index (χ3n) is 10.8. The number of aromatic hydroxyl groups is 1. The fraction of sp³-hybridized carbons (Fsp3) is 0.326. The molecule has 2 saturated heterocycles. The number of benzene rings is 4. The molecule has 2 N–H and O–H groups in total. The number of rotatable bonds is 9. The molecule has 0 saturated carbocycles. The summed E-state index contributed by atoms with van der Waals surface area (Å²) in [6, 6.07) is 29.3. The van der Waals surface area contributed by atoms with Crippen LogP contribution in [0, 0.1) is 17.8 Å². The van der Waals surface area contributed by atoms with Gasteiger partial charge >= 0.3 is 0 Å². The first-order valence-electron chi connectivity index (χ1n) is 18.1. The highest BCUT2D eigenvalue weighted by atomic mass is 16.5. The number of hydrogen-bond acceptors (Lipinski definition) is 7. The van der Waals surface area contributed by atoms with Gasteiger partial charge in [0.15, 0.2) is 0 Å². The van der Waals surface area contributed by atoms with E-state index in [1.807, 2.05) is 24.3 Å². The van der Waals surface area contributed by atoms with E-state index >= 15 is 0 Å². The van der Waals surface area contributed by atoms with Crippen molar-refractivity contribution in [2.45, 2.75) is 50.1 Å². The van der Waals surface area contributed by atoms with Crippen LogP contribution in [0.2, 0.25) is 0 Å². The quantitative estimate of drug-likeness (QED) is 0.173. The molecule has 264 valence electrons. The van der Waals surface area contributed by atoms with Crippen LogP contribution in [0.4, 0.5) is 0 Å². The average Bonchev–Trinajstić information content (AvgIpc) is 3.46. The van der Waals surface area contributed by atoms with Crippen LogP contribution < -0.4 is 14.8 Å². The Bertz CT molecular complexity index is 2050. The molecule has 4 aromatic carbocycles. The predicted octanol–water partition coefficient (Wildman–Crippen LogP) is 5.60. The molecule has 0 aliphatic carbocycles. The summed E-state index contributed by atoms with van der Waals surface area (Å²) in [5.74, 6) is 8.37. The number of phenolic OH excluding ortho intramolecular Hbond substituents is 1. The van der Waals surface area contributed by atoms with Crippen molar-refractivity contribution in [1.82, 2.24) is 15.1 Å². The normalized spacial score (nSPS) is 21.3. The maximum atomic E-state index is 12.9. The number of imide groups is 1. The third kappa shape index (κ3) is 6.99. The summed E-state index contributed by atoms with van der Waals surface area (Å²) in [6.07, 6.45) is 2.45. The molecule has 0 radical (unpaired) electrons. The van der Waals surface area contributed by atoms with E-state index in [0.29, 0.717) is 37.7 Å².